The largest absolute Gasteiger partial charge is 0.464 e. The first-order valence-electron chi connectivity index (χ1n) is 10.7. The van der Waals surface area contributed by atoms with Crippen LogP contribution in [0.1, 0.15) is 67.7 Å². The molecular weight excluding hydrogens is 444 g/mol. The predicted octanol–water partition coefficient (Wildman–Crippen LogP) is 3.70. The predicted molar refractivity (Wildman–Crippen MR) is 124 cm³/mol. The van der Waals surface area contributed by atoms with E-state index in [1.165, 1.54) is 12.5 Å². The number of nitrogens with zero attached hydrogens (tertiary/aromatic N) is 2. The molecule has 2 heterocycles. The van der Waals surface area contributed by atoms with Gasteiger partial charge in [0.25, 0.3) is 5.91 Å². The van der Waals surface area contributed by atoms with Gasteiger partial charge in [-0.25, -0.2) is 19.5 Å². The molecule has 0 radical (unpaired) electrons. The van der Waals surface area contributed by atoms with Crippen LogP contribution in [0, 0.1) is 5.92 Å². The average Bonchev–Trinajstić information content (AvgIpc) is 3.35. The highest BCUT2D eigenvalue weighted by Gasteiger charge is 2.45. The summed E-state index contributed by atoms with van der Waals surface area (Å²) in [5.74, 6) is -1.27. The molecule has 0 aliphatic carbocycles. The Bertz CT molecular complexity index is 1050. The number of ether oxygens (including phenoxy) is 1. The van der Waals surface area contributed by atoms with Gasteiger partial charge in [-0.15, -0.1) is 11.3 Å². The number of esters is 1. The van der Waals surface area contributed by atoms with Crippen LogP contribution in [0.5, 0.6) is 0 Å². The summed E-state index contributed by atoms with van der Waals surface area (Å²) < 4.78 is 4.62. The van der Waals surface area contributed by atoms with Crippen LogP contribution < -0.4 is 10.6 Å². The molecule has 1 aliphatic heterocycles. The topological polar surface area (TPSA) is 118 Å². The van der Waals surface area contributed by atoms with Gasteiger partial charge in [0.1, 0.15) is 12.1 Å². The van der Waals surface area contributed by atoms with E-state index in [0.29, 0.717) is 11.5 Å². The van der Waals surface area contributed by atoms with Crippen molar-refractivity contribution in [3.63, 3.8) is 0 Å². The minimum Gasteiger partial charge on any atom is -0.464 e. The Balaban J connectivity index is 1.81. The van der Waals surface area contributed by atoms with Gasteiger partial charge in [-0.3, -0.25) is 9.59 Å². The second-order valence-electron chi connectivity index (χ2n) is 8.58. The zero-order valence-corrected chi connectivity index (χ0v) is 20.1. The third-order valence-corrected chi connectivity index (χ3v) is 6.10. The second kappa shape index (κ2) is 10.1. The lowest BCUT2D eigenvalue weighted by Gasteiger charge is -2.25. The maximum atomic E-state index is 13.2. The number of benzene rings is 1. The zero-order valence-electron chi connectivity index (χ0n) is 19.2. The van der Waals surface area contributed by atoms with Crippen LogP contribution in [-0.4, -0.2) is 46.9 Å². The highest BCUT2D eigenvalue weighted by atomic mass is 32.1. The minimum atomic E-state index is -1.03. The molecule has 0 spiro atoms. The smallest absolute Gasteiger partial charge is 0.357 e. The molecule has 10 heteroatoms. The molecule has 1 unspecified atom stereocenters. The van der Waals surface area contributed by atoms with Crippen LogP contribution in [0.3, 0.4) is 0 Å². The number of urea groups is 1. The molecule has 3 rings (SSSR count). The number of aromatic nitrogens is 1. The van der Waals surface area contributed by atoms with Crippen LogP contribution in [0.15, 0.2) is 29.6 Å². The lowest BCUT2D eigenvalue weighted by molar-refractivity contribution is -0.134. The Kier molecular flexibility index (Phi) is 7.47. The van der Waals surface area contributed by atoms with Crippen molar-refractivity contribution in [2.45, 2.75) is 52.1 Å². The molecule has 33 heavy (non-hydrogen) atoms. The van der Waals surface area contributed by atoms with Gasteiger partial charge >= 0.3 is 12.0 Å². The van der Waals surface area contributed by atoms with Gasteiger partial charge in [-0.05, 0) is 29.4 Å². The van der Waals surface area contributed by atoms with E-state index in [2.05, 4.69) is 34.2 Å². The number of thiazole rings is 1. The van der Waals surface area contributed by atoms with Crippen molar-refractivity contribution in [3.8, 4) is 0 Å². The normalized spacial score (nSPS) is 16.8. The first-order chi connectivity index (χ1) is 15.6. The number of carbonyl (C=O) groups excluding carboxylic acids is 4. The van der Waals surface area contributed by atoms with E-state index in [1.807, 2.05) is 38.1 Å². The second-order valence-corrected chi connectivity index (χ2v) is 9.43. The third-order valence-electron chi connectivity index (χ3n) is 5.35. The van der Waals surface area contributed by atoms with Gasteiger partial charge in [0.2, 0.25) is 5.91 Å². The highest BCUT2D eigenvalue weighted by molar-refractivity contribution is 7.14. The average molecular weight is 473 g/mol. The van der Waals surface area contributed by atoms with Crippen LogP contribution in [0.25, 0.3) is 0 Å². The summed E-state index contributed by atoms with van der Waals surface area (Å²) in [5, 5.41) is 6.97. The Morgan fingerprint density at radius 2 is 1.85 bits per heavy atom. The van der Waals surface area contributed by atoms with Gasteiger partial charge in [0.05, 0.1) is 7.11 Å². The molecular formula is C23H28N4O5S. The van der Waals surface area contributed by atoms with Crippen molar-refractivity contribution in [1.29, 1.82) is 0 Å². The van der Waals surface area contributed by atoms with Gasteiger partial charge in [0.15, 0.2) is 10.8 Å². The van der Waals surface area contributed by atoms with Gasteiger partial charge < -0.3 is 15.4 Å². The lowest BCUT2D eigenvalue weighted by atomic mass is 9.98. The summed E-state index contributed by atoms with van der Waals surface area (Å²) in [6.45, 7) is 7.95. The fourth-order valence-corrected chi connectivity index (χ4v) is 4.27. The van der Waals surface area contributed by atoms with Gasteiger partial charge in [-0.2, -0.15) is 0 Å². The molecule has 0 bridgehead atoms. The fraction of sp³-hybridized carbons (Fsp3) is 0.435. The molecule has 1 saturated heterocycles. The maximum absolute atomic E-state index is 13.2. The van der Waals surface area contributed by atoms with Crippen molar-refractivity contribution in [1.82, 2.24) is 15.2 Å². The number of rotatable bonds is 8. The van der Waals surface area contributed by atoms with Crippen molar-refractivity contribution in [3.05, 3.63) is 46.5 Å². The third kappa shape index (κ3) is 5.39. The van der Waals surface area contributed by atoms with E-state index in [1.54, 1.807) is 0 Å². The van der Waals surface area contributed by atoms with Crippen molar-refractivity contribution in [2.24, 2.45) is 5.92 Å². The molecule has 9 nitrogen and oxygen atoms in total. The Hall–Kier alpha value is -3.27. The van der Waals surface area contributed by atoms with E-state index in [-0.39, 0.29) is 23.2 Å². The maximum Gasteiger partial charge on any atom is 0.357 e. The number of hydrogen-bond acceptors (Lipinski definition) is 7. The molecule has 4 amide bonds. The number of amides is 4. The summed E-state index contributed by atoms with van der Waals surface area (Å²) in [7, 11) is 1.24. The zero-order chi connectivity index (χ0) is 24.3. The molecule has 2 N–H and O–H groups in total. The number of imide groups is 1. The van der Waals surface area contributed by atoms with Crippen LogP contribution >= 0.6 is 11.3 Å². The first kappa shape index (κ1) is 24.4. The SMILES string of the molecule is COC(=O)c1csc(NC(=O)[C@H](CC(C)C)N2C(=O)NC(c3ccc(C(C)C)cc3)C2=O)n1. The molecule has 176 valence electrons. The van der Waals surface area contributed by atoms with Crippen molar-refractivity contribution >= 4 is 40.3 Å². The standard InChI is InChI=1S/C23H28N4O5S/c1-12(2)10-17(19(28)26-22-24-16(11-33-22)21(30)32-5)27-20(29)18(25-23(27)31)15-8-6-14(7-9-15)13(3)4/h6-9,11-13,17-18H,10H2,1-5H3,(H,25,31)(H,24,26,28)/t17-,18?/m0/s1. The first-order valence-corrected chi connectivity index (χ1v) is 11.6. The summed E-state index contributed by atoms with van der Waals surface area (Å²) in [4.78, 5) is 55.8. The summed E-state index contributed by atoms with van der Waals surface area (Å²) in [6.07, 6.45) is 0.277. The number of hydrogen-bond donors (Lipinski definition) is 2. The van der Waals surface area contributed by atoms with E-state index in [9.17, 15) is 19.2 Å². The summed E-state index contributed by atoms with van der Waals surface area (Å²) >= 11 is 1.06. The van der Waals surface area contributed by atoms with Gasteiger partial charge in [0, 0.05) is 5.38 Å². The Morgan fingerprint density at radius 1 is 1.18 bits per heavy atom. The van der Waals surface area contributed by atoms with Crippen LogP contribution in [0.4, 0.5) is 9.93 Å². The minimum absolute atomic E-state index is 0.0349. The summed E-state index contributed by atoms with van der Waals surface area (Å²) in [6, 6.07) is 5.01. The number of nitrogens with one attached hydrogen (secondary N) is 2. The summed E-state index contributed by atoms with van der Waals surface area (Å²) in [5.41, 5.74) is 1.85. The van der Waals surface area contributed by atoms with Crippen LogP contribution in [-0.2, 0) is 14.3 Å². The molecule has 1 fully saturated rings. The van der Waals surface area contributed by atoms with Crippen molar-refractivity contribution < 1.29 is 23.9 Å². The Labute approximate surface area is 196 Å². The van der Waals surface area contributed by atoms with E-state index in [4.69, 9.17) is 0 Å². The molecule has 2 atom stereocenters. The fourth-order valence-electron chi connectivity index (χ4n) is 3.58. The quantitative estimate of drug-likeness (QED) is 0.447. The Morgan fingerprint density at radius 3 is 2.42 bits per heavy atom. The van der Waals surface area contributed by atoms with E-state index < -0.39 is 35.9 Å². The molecule has 1 aromatic carbocycles. The van der Waals surface area contributed by atoms with Crippen LogP contribution in [0.2, 0.25) is 0 Å². The number of anilines is 1. The van der Waals surface area contributed by atoms with Crippen molar-refractivity contribution in [2.75, 3.05) is 12.4 Å². The number of carbonyl (C=O) groups is 4. The lowest BCUT2D eigenvalue weighted by Crippen LogP contribution is -2.48. The highest BCUT2D eigenvalue weighted by Crippen LogP contribution is 2.28. The molecule has 2 aromatic rings. The van der Waals surface area contributed by atoms with Gasteiger partial charge in [-0.1, -0.05) is 52.0 Å². The van der Waals surface area contributed by atoms with E-state index >= 15 is 0 Å². The molecule has 0 saturated carbocycles. The van der Waals surface area contributed by atoms with E-state index in [0.717, 1.165) is 21.8 Å². The monoisotopic (exact) mass is 472 g/mol. The molecule has 1 aliphatic rings. The number of methoxy groups -OCH3 is 1. The molecule has 1 aromatic heterocycles.